The predicted octanol–water partition coefficient (Wildman–Crippen LogP) is 2.72. The molecule has 1 rings (SSSR count). The van der Waals surface area contributed by atoms with Gasteiger partial charge in [-0.15, -0.1) is 0 Å². The molecule has 0 spiro atoms. The van der Waals surface area contributed by atoms with E-state index in [0.29, 0.717) is 18.5 Å². The topological polar surface area (TPSA) is 75.4 Å². The third kappa shape index (κ3) is 3.70. The SMILES string of the molecule is Cc1c(NCC(C)(C)CCO)cccc1[N+](=O)[O-]. The fraction of sp³-hybridized carbons (Fsp3) is 0.538. The van der Waals surface area contributed by atoms with Crippen LogP contribution in [0.1, 0.15) is 25.8 Å². The van der Waals surface area contributed by atoms with Gasteiger partial charge in [-0.1, -0.05) is 19.9 Å². The minimum atomic E-state index is -0.376. The van der Waals surface area contributed by atoms with Crippen molar-refractivity contribution in [3.05, 3.63) is 33.9 Å². The molecule has 0 saturated heterocycles. The van der Waals surface area contributed by atoms with Crippen LogP contribution < -0.4 is 5.32 Å². The van der Waals surface area contributed by atoms with Gasteiger partial charge in [-0.3, -0.25) is 10.1 Å². The third-order valence-corrected chi connectivity index (χ3v) is 3.05. The summed E-state index contributed by atoms with van der Waals surface area (Å²) in [6, 6.07) is 5.00. The molecule has 1 aromatic carbocycles. The van der Waals surface area contributed by atoms with E-state index in [2.05, 4.69) is 5.32 Å². The lowest BCUT2D eigenvalue weighted by atomic mass is 9.89. The fourth-order valence-corrected chi connectivity index (χ4v) is 1.74. The van der Waals surface area contributed by atoms with Crippen molar-refractivity contribution in [2.45, 2.75) is 27.2 Å². The maximum Gasteiger partial charge on any atom is 0.274 e. The number of nitrogens with zero attached hydrogens (tertiary/aromatic N) is 1. The Labute approximate surface area is 107 Å². The molecule has 0 aliphatic rings. The van der Waals surface area contributed by atoms with Crippen LogP contribution in [0.5, 0.6) is 0 Å². The van der Waals surface area contributed by atoms with Crippen LogP contribution in [0.4, 0.5) is 11.4 Å². The summed E-state index contributed by atoms with van der Waals surface area (Å²) in [5.74, 6) is 0. The summed E-state index contributed by atoms with van der Waals surface area (Å²) in [5.41, 5.74) is 1.49. The average Bonchev–Trinajstić information content (AvgIpc) is 2.27. The molecule has 0 heterocycles. The summed E-state index contributed by atoms with van der Waals surface area (Å²) >= 11 is 0. The van der Waals surface area contributed by atoms with E-state index in [1.165, 1.54) is 6.07 Å². The standard InChI is InChI=1S/C13H20N2O3/c1-10-11(5-4-6-12(10)15(17)18)14-9-13(2,3)7-8-16/h4-6,14,16H,7-9H2,1-3H3. The maximum atomic E-state index is 10.8. The number of rotatable bonds is 6. The van der Waals surface area contributed by atoms with Crippen molar-refractivity contribution >= 4 is 11.4 Å². The molecule has 0 saturated carbocycles. The van der Waals surface area contributed by atoms with Gasteiger partial charge in [-0.05, 0) is 24.8 Å². The molecule has 0 bridgehead atoms. The van der Waals surface area contributed by atoms with Gasteiger partial charge in [0, 0.05) is 30.5 Å². The number of hydrogen-bond donors (Lipinski definition) is 2. The zero-order valence-corrected chi connectivity index (χ0v) is 11.1. The Morgan fingerprint density at radius 3 is 2.67 bits per heavy atom. The molecule has 0 unspecified atom stereocenters. The summed E-state index contributed by atoms with van der Waals surface area (Å²) in [5, 5.41) is 23.0. The van der Waals surface area contributed by atoms with E-state index in [4.69, 9.17) is 5.11 Å². The zero-order valence-electron chi connectivity index (χ0n) is 11.1. The first-order chi connectivity index (χ1) is 8.37. The Balaban J connectivity index is 2.80. The van der Waals surface area contributed by atoms with Crippen molar-refractivity contribution in [3.63, 3.8) is 0 Å². The van der Waals surface area contributed by atoms with E-state index in [1.807, 2.05) is 19.9 Å². The quantitative estimate of drug-likeness (QED) is 0.603. The van der Waals surface area contributed by atoms with Crippen molar-refractivity contribution in [2.24, 2.45) is 5.41 Å². The molecule has 0 aliphatic heterocycles. The van der Waals surface area contributed by atoms with E-state index in [-0.39, 0.29) is 22.6 Å². The van der Waals surface area contributed by atoms with Crippen molar-refractivity contribution in [1.29, 1.82) is 0 Å². The van der Waals surface area contributed by atoms with Crippen LogP contribution in [-0.2, 0) is 0 Å². The van der Waals surface area contributed by atoms with Crippen molar-refractivity contribution < 1.29 is 10.0 Å². The molecule has 0 amide bonds. The Morgan fingerprint density at radius 2 is 2.11 bits per heavy atom. The predicted molar refractivity (Wildman–Crippen MR) is 71.8 cm³/mol. The molecule has 1 aromatic rings. The highest BCUT2D eigenvalue weighted by Gasteiger charge is 2.18. The van der Waals surface area contributed by atoms with E-state index < -0.39 is 0 Å². The van der Waals surface area contributed by atoms with Gasteiger partial charge in [0.05, 0.1) is 4.92 Å². The fourth-order valence-electron chi connectivity index (χ4n) is 1.74. The molecule has 100 valence electrons. The zero-order chi connectivity index (χ0) is 13.8. The number of nitro groups is 1. The molecule has 2 N–H and O–H groups in total. The highest BCUT2D eigenvalue weighted by Crippen LogP contribution is 2.27. The van der Waals surface area contributed by atoms with Crippen LogP contribution in [0, 0.1) is 22.5 Å². The Kier molecular flexibility index (Phi) is 4.67. The van der Waals surface area contributed by atoms with Crippen LogP contribution >= 0.6 is 0 Å². The second kappa shape index (κ2) is 5.82. The molecule has 0 aliphatic carbocycles. The molecule has 0 aromatic heterocycles. The van der Waals surface area contributed by atoms with Gasteiger partial charge in [0.15, 0.2) is 0 Å². The van der Waals surface area contributed by atoms with E-state index in [9.17, 15) is 10.1 Å². The number of aliphatic hydroxyl groups is 1. The van der Waals surface area contributed by atoms with Crippen LogP contribution in [0.2, 0.25) is 0 Å². The lowest BCUT2D eigenvalue weighted by molar-refractivity contribution is -0.385. The normalized spacial score (nSPS) is 11.3. The van der Waals surface area contributed by atoms with Crippen LogP contribution in [0.3, 0.4) is 0 Å². The number of benzene rings is 1. The Hall–Kier alpha value is -1.62. The molecule has 5 heteroatoms. The van der Waals surface area contributed by atoms with E-state index in [0.717, 1.165) is 5.69 Å². The van der Waals surface area contributed by atoms with Gasteiger partial charge < -0.3 is 10.4 Å². The number of nitro benzene ring substituents is 1. The summed E-state index contributed by atoms with van der Waals surface area (Å²) < 4.78 is 0. The van der Waals surface area contributed by atoms with Crippen LogP contribution in [0.25, 0.3) is 0 Å². The highest BCUT2D eigenvalue weighted by molar-refractivity contribution is 5.59. The number of nitrogens with one attached hydrogen (secondary N) is 1. The average molecular weight is 252 g/mol. The van der Waals surface area contributed by atoms with Crippen molar-refractivity contribution in [1.82, 2.24) is 0 Å². The lowest BCUT2D eigenvalue weighted by Gasteiger charge is -2.25. The van der Waals surface area contributed by atoms with Gasteiger partial charge in [-0.25, -0.2) is 0 Å². The summed E-state index contributed by atoms with van der Waals surface area (Å²) in [6.45, 7) is 6.63. The molecule has 0 atom stereocenters. The first kappa shape index (κ1) is 14.4. The third-order valence-electron chi connectivity index (χ3n) is 3.05. The molecule has 0 fully saturated rings. The Morgan fingerprint density at radius 1 is 1.44 bits per heavy atom. The maximum absolute atomic E-state index is 10.8. The van der Waals surface area contributed by atoms with Gasteiger partial charge in [0.2, 0.25) is 0 Å². The number of anilines is 1. The highest BCUT2D eigenvalue weighted by atomic mass is 16.6. The number of hydrogen-bond acceptors (Lipinski definition) is 4. The summed E-state index contributed by atoms with van der Waals surface area (Å²) in [4.78, 5) is 10.4. The molecular weight excluding hydrogens is 232 g/mol. The minimum Gasteiger partial charge on any atom is -0.396 e. The largest absolute Gasteiger partial charge is 0.396 e. The van der Waals surface area contributed by atoms with Gasteiger partial charge in [0.1, 0.15) is 0 Å². The minimum absolute atomic E-state index is 0.0498. The summed E-state index contributed by atoms with van der Waals surface area (Å²) in [7, 11) is 0. The monoisotopic (exact) mass is 252 g/mol. The van der Waals surface area contributed by atoms with E-state index in [1.54, 1.807) is 13.0 Å². The van der Waals surface area contributed by atoms with Crippen LogP contribution in [-0.4, -0.2) is 23.2 Å². The lowest BCUT2D eigenvalue weighted by Crippen LogP contribution is -2.24. The second-order valence-corrected chi connectivity index (χ2v) is 5.20. The smallest absolute Gasteiger partial charge is 0.274 e. The first-order valence-electron chi connectivity index (χ1n) is 5.96. The molecule has 18 heavy (non-hydrogen) atoms. The molecule has 0 radical (unpaired) electrons. The summed E-state index contributed by atoms with van der Waals surface area (Å²) in [6.07, 6.45) is 0.688. The molecular formula is C13H20N2O3. The van der Waals surface area contributed by atoms with Crippen molar-refractivity contribution in [2.75, 3.05) is 18.5 Å². The second-order valence-electron chi connectivity index (χ2n) is 5.20. The van der Waals surface area contributed by atoms with Crippen LogP contribution in [0.15, 0.2) is 18.2 Å². The molecule has 5 nitrogen and oxygen atoms in total. The van der Waals surface area contributed by atoms with Gasteiger partial charge in [0.25, 0.3) is 5.69 Å². The Bertz CT molecular complexity index is 430. The first-order valence-corrected chi connectivity index (χ1v) is 5.96. The number of aliphatic hydroxyl groups excluding tert-OH is 1. The van der Waals surface area contributed by atoms with Crippen molar-refractivity contribution in [3.8, 4) is 0 Å². The van der Waals surface area contributed by atoms with Gasteiger partial charge in [-0.2, -0.15) is 0 Å². The van der Waals surface area contributed by atoms with E-state index >= 15 is 0 Å². The van der Waals surface area contributed by atoms with Gasteiger partial charge >= 0.3 is 0 Å².